The Balaban J connectivity index is 0.000000164. The van der Waals surface area contributed by atoms with E-state index in [2.05, 4.69) is 31.9 Å². The average molecular weight is 1130 g/mol. The molecule has 0 aromatic heterocycles. The van der Waals surface area contributed by atoms with E-state index in [1.54, 1.807) is 75.4 Å². The molecule has 9 nitrogen and oxygen atoms in total. The molecule has 6 aromatic carbocycles. The molecule has 396 valence electrons. The number of hydrogen-bond donors (Lipinski definition) is 3. The van der Waals surface area contributed by atoms with Gasteiger partial charge in [-0.15, -0.1) is 0 Å². The number of rotatable bonds is 9. The van der Waals surface area contributed by atoms with Crippen molar-refractivity contribution in [3.63, 3.8) is 0 Å². The van der Waals surface area contributed by atoms with Crippen LogP contribution >= 0.6 is 27.5 Å². The van der Waals surface area contributed by atoms with Gasteiger partial charge in [0, 0.05) is 99.6 Å². The molecule has 0 aliphatic carbocycles. The number of alkyl halides is 9. The summed E-state index contributed by atoms with van der Waals surface area (Å²) in [5.41, 5.74) is 0.495. The van der Waals surface area contributed by atoms with Crippen molar-refractivity contribution in [1.82, 2.24) is 0 Å². The number of nitrogens with one attached hydrogen (secondary N) is 3. The van der Waals surface area contributed by atoms with Crippen LogP contribution in [0.4, 0.5) is 73.6 Å². The lowest BCUT2D eigenvalue weighted by Gasteiger charge is -2.23. The predicted octanol–water partition coefficient (Wildman–Crippen LogP) is 15.4. The average Bonchev–Trinajstić information content (AvgIpc) is 4.20. The van der Waals surface area contributed by atoms with Crippen LogP contribution in [0.2, 0.25) is 5.02 Å². The summed E-state index contributed by atoms with van der Waals surface area (Å²) >= 11 is 9.13. The molecule has 75 heavy (non-hydrogen) atoms. The fraction of sp³-hybridized carbons (Fsp3) is 0.291. The summed E-state index contributed by atoms with van der Waals surface area (Å²) in [7, 11) is 0. The van der Waals surface area contributed by atoms with E-state index in [1.807, 2.05) is 13.0 Å². The molecule has 3 aliphatic heterocycles. The van der Waals surface area contributed by atoms with Gasteiger partial charge in [0.2, 0.25) is 0 Å². The maximum atomic E-state index is 13.5. The van der Waals surface area contributed by atoms with Crippen LogP contribution in [0.1, 0.15) is 91.9 Å². The van der Waals surface area contributed by atoms with Crippen LogP contribution in [0.5, 0.6) is 0 Å². The third-order valence-electron chi connectivity index (χ3n) is 12.5. The fourth-order valence-electron chi connectivity index (χ4n) is 8.88. The Morgan fingerprint density at radius 1 is 0.440 bits per heavy atom. The molecular weight excluding hydrogens is 1080 g/mol. The molecule has 3 saturated heterocycles. The monoisotopic (exact) mass is 1130 g/mol. The maximum Gasteiger partial charge on any atom is 0.418 e. The summed E-state index contributed by atoms with van der Waals surface area (Å²) in [6, 6.07) is 31.7. The molecule has 20 heteroatoms. The number of anilines is 6. The van der Waals surface area contributed by atoms with Crippen molar-refractivity contribution in [3.8, 4) is 0 Å². The summed E-state index contributed by atoms with van der Waals surface area (Å²) in [5, 5.41) is 8.25. The van der Waals surface area contributed by atoms with E-state index < -0.39 is 52.9 Å². The van der Waals surface area contributed by atoms with Crippen LogP contribution in [0.25, 0.3) is 0 Å². The fourth-order valence-corrected chi connectivity index (χ4v) is 9.47. The van der Waals surface area contributed by atoms with Gasteiger partial charge < -0.3 is 30.7 Å². The molecule has 0 bridgehead atoms. The highest BCUT2D eigenvalue weighted by Crippen LogP contribution is 2.41. The molecule has 3 heterocycles. The molecule has 3 fully saturated rings. The maximum absolute atomic E-state index is 13.5. The van der Waals surface area contributed by atoms with Gasteiger partial charge >= 0.3 is 18.5 Å². The van der Waals surface area contributed by atoms with Gasteiger partial charge in [-0.25, -0.2) is 0 Å². The van der Waals surface area contributed by atoms with Gasteiger partial charge in [-0.3, -0.25) is 14.4 Å². The highest BCUT2D eigenvalue weighted by molar-refractivity contribution is 9.10. The number of benzene rings is 6. The largest absolute Gasteiger partial charge is 0.418 e. The Kier molecular flexibility index (Phi) is 18.1. The van der Waals surface area contributed by atoms with Gasteiger partial charge in [-0.2, -0.15) is 39.5 Å². The minimum atomic E-state index is -4.52. The molecule has 0 unspecified atom stereocenters. The zero-order chi connectivity index (χ0) is 54.1. The summed E-state index contributed by atoms with van der Waals surface area (Å²) < 4.78 is 122. The Hall–Kier alpha value is -6.73. The number of halogens is 11. The zero-order valence-electron chi connectivity index (χ0n) is 40.3. The highest BCUT2D eigenvalue weighted by atomic mass is 79.9. The quantitative estimate of drug-likeness (QED) is 0.125. The Morgan fingerprint density at radius 2 is 0.760 bits per heavy atom. The molecule has 0 saturated carbocycles. The standard InChI is InChI=1S/C19H19F3N2O.C18H16BrF3N2O.C18H16ClF3N2O/c1-13-5-4-6-15(11-13)23-18(25)14-7-8-17(24-9-2-3-10-24)16(12-14)19(20,21)22;2*19-13-4-3-5-14(11-13)23-17(25)12-6-7-16(24-8-1-2-9-24)15(10-12)18(20,21)22/h4-8,11-12H,2-3,9-10H2,1H3,(H,23,25);2*3-7,10-11H,1-2,8-9H2,(H,23,25). The number of aryl methyl sites for hydroxylation is 1. The van der Waals surface area contributed by atoms with Gasteiger partial charge in [0.05, 0.1) is 16.7 Å². The molecule has 0 spiro atoms. The molecule has 9 rings (SSSR count). The van der Waals surface area contributed by atoms with Crippen LogP contribution in [0.15, 0.2) is 132 Å². The molecule has 3 amide bonds. The first-order valence-corrected chi connectivity index (χ1v) is 25.1. The van der Waals surface area contributed by atoms with Crippen molar-refractivity contribution in [2.75, 3.05) is 69.9 Å². The molecule has 6 aromatic rings. The lowest BCUT2D eigenvalue weighted by atomic mass is 10.1. The van der Waals surface area contributed by atoms with Crippen LogP contribution < -0.4 is 30.7 Å². The van der Waals surface area contributed by atoms with Crippen molar-refractivity contribution in [3.05, 3.63) is 176 Å². The predicted molar refractivity (Wildman–Crippen MR) is 279 cm³/mol. The molecule has 3 N–H and O–H groups in total. The second kappa shape index (κ2) is 24.3. The third-order valence-corrected chi connectivity index (χ3v) is 13.2. The lowest BCUT2D eigenvalue weighted by Crippen LogP contribution is -2.23. The van der Waals surface area contributed by atoms with E-state index in [-0.39, 0.29) is 33.8 Å². The van der Waals surface area contributed by atoms with Crippen molar-refractivity contribution in [1.29, 1.82) is 0 Å². The van der Waals surface area contributed by atoms with Crippen LogP contribution in [0.3, 0.4) is 0 Å². The molecule has 3 aliphatic rings. The van der Waals surface area contributed by atoms with E-state index in [0.29, 0.717) is 61.4 Å². The summed E-state index contributed by atoms with van der Waals surface area (Å²) in [4.78, 5) is 42.1. The van der Waals surface area contributed by atoms with Crippen molar-refractivity contribution in [2.24, 2.45) is 0 Å². The van der Waals surface area contributed by atoms with Crippen molar-refractivity contribution >= 4 is 79.4 Å². The number of hydrogen-bond acceptors (Lipinski definition) is 6. The summed E-state index contributed by atoms with van der Waals surface area (Å²) in [6.45, 7) is 5.49. The molecular formula is C55H51BrClF9N6O3. The normalized spacial score (nSPS) is 14.6. The Bertz CT molecular complexity index is 2670. The van der Waals surface area contributed by atoms with E-state index >= 15 is 0 Å². The van der Waals surface area contributed by atoms with Gasteiger partial charge in [-0.1, -0.05) is 51.8 Å². The second-order valence-electron chi connectivity index (χ2n) is 18.0. The first-order valence-electron chi connectivity index (χ1n) is 23.9. The van der Waals surface area contributed by atoms with E-state index in [4.69, 9.17) is 11.6 Å². The third kappa shape index (κ3) is 15.2. The minimum absolute atomic E-state index is 0.00298. The number of nitrogens with zero attached hydrogens (tertiary/aromatic N) is 3. The highest BCUT2D eigenvalue weighted by Gasteiger charge is 2.39. The van der Waals surface area contributed by atoms with Crippen LogP contribution in [0, 0.1) is 6.92 Å². The van der Waals surface area contributed by atoms with Crippen molar-refractivity contribution in [2.45, 2.75) is 64.0 Å². The SMILES string of the molecule is Cc1cccc(NC(=O)c2ccc(N3CCCC3)c(C(F)(F)F)c2)c1.O=C(Nc1cccc(Br)c1)c1ccc(N2CCCC2)c(C(F)(F)F)c1.O=C(Nc1cccc(Cl)c1)c1ccc(N2CCCC2)c(C(F)(F)F)c1. The number of carbonyl (C=O) groups is 3. The zero-order valence-corrected chi connectivity index (χ0v) is 42.7. The first-order chi connectivity index (χ1) is 35.5. The van der Waals surface area contributed by atoms with Crippen LogP contribution in [-0.2, 0) is 18.5 Å². The number of carbonyl (C=O) groups excluding carboxylic acids is 3. The van der Waals surface area contributed by atoms with Gasteiger partial charge in [0.25, 0.3) is 17.7 Å². The first kappa shape index (κ1) is 56.0. The smallest absolute Gasteiger partial charge is 0.371 e. The Morgan fingerprint density at radius 3 is 1.08 bits per heavy atom. The van der Waals surface area contributed by atoms with E-state index in [0.717, 1.165) is 66.8 Å². The topological polar surface area (TPSA) is 97.0 Å². The number of amides is 3. The molecule has 0 atom stereocenters. The summed E-state index contributed by atoms with van der Waals surface area (Å²) in [6.07, 6.45) is -8.28. The summed E-state index contributed by atoms with van der Waals surface area (Å²) in [5.74, 6) is -1.73. The van der Waals surface area contributed by atoms with E-state index in [9.17, 15) is 53.9 Å². The van der Waals surface area contributed by atoms with Gasteiger partial charge in [0.1, 0.15) is 0 Å². The van der Waals surface area contributed by atoms with Crippen molar-refractivity contribution < 1.29 is 53.9 Å². The van der Waals surface area contributed by atoms with Gasteiger partial charge in [-0.05, 0) is 154 Å². The van der Waals surface area contributed by atoms with Gasteiger partial charge in [0.15, 0.2) is 0 Å². The van der Waals surface area contributed by atoms with Crippen LogP contribution in [-0.4, -0.2) is 57.0 Å². The second-order valence-corrected chi connectivity index (χ2v) is 19.4. The Labute approximate surface area is 441 Å². The van der Waals surface area contributed by atoms with E-state index in [1.165, 1.54) is 42.5 Å². The lowest BCUT2D eigenvalue weighted by molar-refractivity contribution is -0.138. The molecule has 0 radical (unpaired) electrons. The minimum Gasteiger partial charge on any atom is -0.371 e.